The normalized spacial score (nSPS) is 20.8. The first-order chi connectivity index (χ1) is 21.5. The van der Waals surface area contributed by atoms with Crippen molar-refractivity contribution in [2.24, 2.45) is 0 Å². The highest BCUT2D eigenvalue weighted by molar-refractivity contribution is 5.90. The number of aromatic nitrogens is 2. The summed E-state index contributed by atoms with van der Waals surface area (Å²) >= 11 is 0. The van der Waals surface area contributed by atoms with Crippen LogP contribution in [0, 0.1) is 0 Å². The quantitative estimate of drug-likeness (QED) is 0.242. The number of nitrogens with one attached hydrogen (secondary N) is 1. The molecule has 1 aromatic heterocycles. The first kappa shape index (κ1) is 31.5. The van der Waals surface area contributed by atoms with Crippen LogP contribution in [0.15, 0.2) is 67.0 Å². The monoisotopic (exact) mass is 603 g/mol. The lowest BCUT2D eigenvalue weighted by Gasteiger charge is -2.40. The highest BCUT2D eigenvalue weighted by Crippen LogP contribution is 2.38. The van der Waals surface area contributed by atoms with Crippen LogP contribution in [-0.2, 0) is 25.7 Å². The van der Waals surface area contributed by atoms with E-state index in [0.717, 1.165) is 55.4 Å². The summed E-state index contributed by atoms with van der Waals surface area (Å²) in [6.45, 7) is 4.22. The fraction of sp³-hybridized carbons (Fsp3) is 0.455. The van der Waals surface area contributed by atoms with E-state index in [1.54, 1.807) is 12.4 Å². The first-order valence-corrected chi connectivity index (χ1v) is 15.3. The van der Waals surface area contributed by atoms with Gasteiger partial charge in [-0.2, -0.15) is 0 Å². The summed E-state index contributed by atoms with van der Waals surface area (Å²) in [5.74, 6) is -0.144. The molecule has 2 saturated heterocycles. The number of amides is 1. The number of piperazine rings is 1. The third kappa shape index (κ3) is 9.06. The van der Waals surface area contributed by atoms with E-state index in [0.29, 0.717) is 37.8 Å². The minimum Gasteiger partial charge on any atom is -0.481 e. The van der Waals surface area contributed by atoms with E-state index in [1.807, 2.05) is 54.6 Å². The SMILES string of the molecule is O=C(O)CCCCCC(=O)Nc1ccc([C@@H]2O[C@H](CN3CCN(c4ncccn4)CC3)C[C@H](c3ccc(CO)cc3)O2)cc1. The highest BCUT2D eigenvalue weighted by Gasteiger charge is 2.34. The number of ether oxygens (including phenoxy) is 2. The molecule has 11 heteroatoms. The number of carbonyl (C=O) groups excluding carboxylic acids is 1. The molecule has 0 unspecified atom stereocenters. The number of hydrogen-bond acceptors (Lipinski definition) is 9. The fourth-order valence-electron chi connectivity index (χ4n) is 5.59. The molecule has 1 amide bonds. The number of carboxylic acid groups (broad SMARTS) is 1. The summed E-state index contributed by atoms with van der Waals surface area (Å²) in [4.78, 5) is 36.4. The van der Waals surface area contributed by atoms with E-state index in [-0.39, 0.29) is 31.1 Å². The number of nitrogens with zero attached hydrogens (tertiary/aromatic N) is 4. The van der Waals surface area contributed by atoms with Crippen LogP contribution < -0.4 is 10.2 Å². The zero-order valence-corrected chi connectivity index (χ0v) is 24.9. The maximum absolute atomic E-state index is 12.4. The standard InChI is InChI=1S/C33H41N5O6/c39-23-24-7-9-25(10-8-24)29-21-28(22-37-17-19-38(20-18-37)33-34-15-4-16-35-33)43-32(44-29)26-11-13-27(14-12-26)36-30(40)5-2-1-3-6-31(41)42/h4,7-16,28-29,32,39H,1-3,5-6,17-23H2,(H,36,40)(H,41,42)/t28-,29+,32+/m0/s1. The van der Waals surface area contributed by atoms with Gasteiger partial charge in [-0.1, -0.05) is 42.8 Å². The van der Waals surface area contributed by atoms with Gasteiger partial charge in [0.15, 0.2) is 6.29 Å². The predicted molar refractivity (Wildman–Crippen MR) is 165 cm³/mol. The summed E-state index contributed by atoms with van der Waals surface area (Å²) < 4.78 is 13.0. The van der Waals surface area contributed by atoms with Gasteiger partial charge in [-0.3, -0.25) is 14.5 Å². The topological polar surface area (TPSA) is 137 Å². The molecule has 0 radical (unpaired) electrons. The van der Waals surface area contributed by atoms with Crippen LogP contribution in [0.4, 0.5) is 11.6 Å². The smallest absolute Gasteiger partial charge is 0.303 e. The van der Waals surface area contributed by atoms with E-state index >= 15 is 0 Å². The Morgan fingerprint density at radius 1 is 0.864 bits per heavy atom. The van der Waals surface area contributed by atoms with Gasteiger partial charge in [0.25, 0.3) is 0 Å². The van der Waals surface area contributed by atoms with Gasteiger partial charge in [-0.05, 0) is 42.2 Å². The second-order valence-corrected chi connectivity index (χ2v) is 11.3. The summed E-state index contributed by atoms with van der Waals surface area (Å²) in [5, 5.41) is 21.2. The molecule has 5 rings (SSSR count). The second-order valence-electron chi connectivity index (χ2n) is 11.3. The van der Waals surface area contributed by atoms with Crippen molar-refractivity contribution in [2.75, 3.05) is 42.9 Å². The molecule has 2 aliphatic heterocycles. The molecular formula is C33H41N5O6. The minimum atomic E-state index is -0.810. The Morgan fingerprint density at radius 3 is 2.23 bits per heavy atom. The lowest BCUT2D eigenvalue weighted by Crippen LogP contribution is -2.50. The Hall–Kier alpha value is -3.90. The molecular weight excluding hydrogens is 562 g/mol. The highest BCUT2D eigenvalue weighted by atomic mass is 16.7. The van der Waals surface area contributed by atoms with Crippen LogP contribution in [0.2, 0.25) is 0 Å². The van der Waals surface area contributed by atoms with Crippen LogP contribution >= 0.6 is 0 Å². The molecule has 0 bridgehead atoms. The molecule has 2 aliphatic rings. The number of carboxylic acids is 1. The lowest BCUT2D eigenvalue weighted by atomic mass is 9.99. The number of benzene rings is 2. The second kappa shape index (κ2) is 15.7. The van der Waals surface area contributed by atoms with E-state index in [4.69, 9.17) is 14.6 Å². The van der Waals surface area contributed by atoms with Crippen LogP contribution in [-0.4, -0.2) is 75.8 Å². The molecule has 3 heterocycles. The largest absolute Gasteiger partial charge is 0.481 e. The lowest BCUT2D eigenvalue weighted by molar-refractivity contribution is -0.253. The minimum absolute atomic E-state index is 0.00618. The predicted octanol–water partition coefficient (Wildman–Crippen LogP) is 4.31. The summed E-state index contributed by atoms with van der Waals surface area (Å²) in [6, 6.07) is 17.2. The molecule has 0 saturated carbocycles. The Balaban J connectivity index is 1.20. The van der Waals surface area contributed by atoms with Gasteiger partial charge in [0.1, 0.15) is 0 Å². The van der Waals surface area contributed by atoms with Crippen LogP contribution in [0.3, 0.4) is 0 Å². The number of carbonyl (C=O) groups is 2. The maximum atomic E-state index is 12.4. The average molecular weight is 604 g/mol. The molecule has 11 nitrogen and oxygen atoms in total. The van der Waals surface area contributed by atoms with Crippen molar-refractivity contribution in [3.8, 4) is 0 Å². The maximum Gasteiger partial charge on any atom is 0.303 e. The number of unbranched alkanes of at least 4 members (excludes halogenated alkanes) is 2. The molecule has 234 valence electrons. The molecule has 0 spiro atoms. The van der Waals surface area contributed by atoms with Crippen LogP contribution in [0.25, 0.3) is 0 Å². The molecule has 3 N–H and O–H groups in total. The van der Waals surface area contributed by atoms with Gasteiger partial charge in [-0.15, -0.1) is 0 Å². The third-order valence-electron chi connectivity index (χ3n) is 8.05. The van der Waals surface area contributed by atoms with Crippen LogP contribution in [0.1, 0.15) is 67.6 Å². The Morgan fingerprint density at radius 2 is 1.55 bits per heavy atom. The number of aliphatic hydroxyl groups excluding tert-OH is 1. The molecule has 2 fully saturated rings. The zero-order valence-electron chi connectivity index (χ0n) is 24.9. The first-order valence-electron chi connectivity index (χ1n) is 15.3. The van der Waals surface area contributed by atoms with Gasteiger partial charge in [0.2, 0.25) is 11.9 Å². The van der Waals surface area contributed by atoms with E-state index < -0.39 is 12.3 Å². The van der Waals surface area contributed by atoms with Crippen molar-refractivity contribution in [1.82, 2.24) is 14.9 Å². The van der Waals surface area contributed by atoms with Gasteiger partial charge in [0.05, 0.1) is 18.8 Å². The number of hydrogen-bond donors (Lipinski definition) is 3. The Kier molecular flexibility index (Phi) is 11.3. The van der Waals surface area contributed by atoms with Gasteiger partial charge < -0.3 is 29.9 Å². The number of anilines is 2. The molecule has 2 aromatic carbocycles. The van der Waals surface area contributed by atoms with Crippen molar-refractivity contribution in [3.63, 3.8) is 0 Å². The van der Waals surface area contributed by atoms with E-state index in [1.165, 1.54) is 0 Å². The van der Waals surface area contributed by atoms with Crippen molar-refractivity contribution in [1.29, 1.82) is 0 Å². The van der Waals surface area contributed by atoms with Gasteiger partial charge in [-0.25, -0.2) is 9.97 Å². The van der Waals surface area contributed by atoms with Crippen molar-refractivity contribution in [2.45, 2.75) is 63.6 Å². The summed E-state index contributed by atoms with van der Waals surface area (Å²) in [7, 11) is 0. The van der Waals surface area contributed by atoms with E-state index in [9.17, 15) is 14.7 Å². The van der Waals surface area contributed by atoms with Gasteiger partial charge >= 0.3 is 5.97 Å². The Labute approximate surface area is 257 Å². The molecule has 3 atom stereocenters. The zero-order chi connectivity index (χ0) is 30.7. The van der Waals surface area contributed by atoms with Gasteiger partial charge in [0, 0.05) is 75.6 Å². The third-order valence-corrected chi connectivity index (χ3v) is 8.05. The average Bonchev–Trinajstić information content (AvgIpc) is 3.05. The fourth-order valence-corrected chi connectivity index (χ4v) is 5.59. The molecule has 0 aliphatic carbocycles. The summed E-state index contributed by atoms with van der Waals surface area (Å²) in [6.07, 6.45) is 5.85. The van der Waals surface area contributed by atoms with Crippen molar-refractivity contribution in [3.05, 3.63) is 83.7 Å². The van der Waals surface area contributed by atoms with E-state index in [2.05, 4.69) is 25.1 Å². The Bertz CT molecular complexity index is 1330. The molecule has 44 heavy (non-hydrogen) atoms. The number of rotatable bonds is 13. The van der Waals surface area contributed by atoms with Crippen molar-refractivity contribution < 1.29 is 29.3 Å². The number of aliphatic hydroxyl groups is 1. The summed E-state index contributed by atoms with van der Waals surface area (Å²) in [5.41, 5.74) is 3.45. The molecule has 3 aromatic rings. The number of aliphatic carboxylic acids is 1. The van der Waals surface area contributed by atoms with Crippen LogP contribution in [0.5, 0.6) is 0 Å². The van der Waals surface area contributed by atoms with Crippen molar-refractivity contribution >= 4 is 23.5 Å².